The molecule has 0 saturated heterocycles. The maximum absolute atomic E-state index is 8.53. The van der Waals surface area contributed by atoms with Crippen LogP contribution >= 0.6 is 0 Å². The Balaban J connectivity index is 3.03. The zero-order valence-corrected chi connectivity index (χ0v) is 17.1. The van der Waals surface area contributed by atoms with E-state index in [0.29, 0.717) is 59.5 Å². The van der Waals surface area contributed by atoms with Crippen LogP contribution in [0.5, 0.6) is 0 Å². The van der Waals surface area contributed by atoms with Gasteiger partial charge in [0.1, 0.15) is 0 Å². The molecular formula is C20H42O6. The molecule has 0 saturated carbocycles. The van der Waals surface area contributed by atoms with Gasteiger partial charge in [-0.1, -0.05) is 46.0 Å². The molecule has 26 heavy (non-hydrogen) atoms. The Hall–Kier alpha value is -0.240. The minimum absolute atomic E-state index is 0.0482. The first-order valence-corrected chi connectivity index (χ1v) is 10.3. The van der Waals surface area contributed by atoms with Crippen molar-refractivity contribution in [3.63, 3.8) is 0 Å². The first-order chi connectivity index (χ1) is 12.8. The van der Waals surface area contributed by atoms with Crippen molar-refractivity contribution in [2.75, 3.05) is 72.7 Å². The fourth-order valence-electron chi connectivity index (χ4n) is 2.56. The molecule has 0 aromatic rings. The average Bonchev–Trinajstić information content (AvgIpc) is 2.66. The second kappa shape index (κ2) is 22.8. The van der Waals surface area contributed by atoms with E-state index in [1.807, 2.05) is 0 Å². The van der Waals surface area contributed by atoms with Gasteiger partial charge in [-0.25, -0.2) is 0 Å². The average molecular weight is 379 g/mol. The molecule has 0 aromatic carbocycles. The summed E-state index contributed by atoms with van der Waals surface area (Å²) >= 11 is 0. The lowest BCUT2D eigenvalue weighted by molar-refractivity contribution is -0.0134. The quantitative estimate of drug-likeness (QED) is 0.292. The van der Waals surface area contributed by atoms with Gasteiger partial charge in [0.05, 0.1) is 66.1 Å². The van der Waals surface area contributed by atoms with Crippen LogP contribution < -0.4 is 0 Å². The summed E-state index contributed by atoms with van der Waals surface area (Å²) in [6.45, 7) is 10.4. The SMILES string of the molecule is CCC(CC)CCCCCOCCOCCOCCOCCOCCO. The lowest BCUT2D eigenvalue weighted by Crippen LogP contribution is -2.13. The number of rotatable bonds is 22. The molecule has 0 bridgehead atoms. The van der Waals surface area contributed by atoms with Crippen LogP contribution in [-0.4, -0.2) is 77.8 Å². The summed E-state index contributed by atoms with van der Waals surface area (Å²) in [5.41, 5.74) is 0. The molecule has 0 amide bonds. The van der Waals surface area contributed by atoms with Crippen molar-refractivity contribution in [2.45, 2.75) is 52.4 Å². The highest BCUT2D eigenvalue weighted by Crippen LogP contribution is 2.16. The number of hydrogen-bond acceptors (Lipinski definition) is 6. The van der Waals surface area contributed by atoms with E-state index in [-0.39, 0.29) is 6.61 Å². The number of ether oxygens (including phenoxy) is 5. The molecule has 0 aliphatic carbocycles. The minimum atomic E-state index is 0.0482. The topological polar surface area (TPSA) is 66.4 Å². The Labute approximate surface area is 160 Å². The van der Waals surface area contributed by atoms with Crippen molar-refractivity contribution in [3.8, 4) is 0 Å². The maximum atomic E-state index is 8.53. The minimum Gasteiger partial charge on any atom is -0.394 e. The summed E-state index contributed by atoms with van der Waals surface area (Å²) in [6.07, 6.45) is 7.71. The molecule has 0 atom stereocenters. The molecule has 0 radical (unpaired) electrons. The van der Waals surface area contributed by atoms with Crippen molar-refractivity contribution in [3.05, 3.63) is 0 Å². The zero-order chi connectivity index (χ0) is 19.1. The van der Waals surface area contributed by atoms with Crippen LogP contribution in [-0.2, 0) is 23.7 Å². The van der Waals surface area contributed by atoms with Crippen molar-refractivity contribution >= 4 is 0 Å². The second-order valence-electron chi connectivity index (χ2n) is 6.32. The van der Waals surface area contributed by atoms with Crippen LogP contribution in [0.3, 0.4) is 0 Å². The monoisotopic (exact) mass is 378 g/mol. The van der Waals surface area contributed by atoms with Crippen LogP contribution in [0.1, 0.15) is 52.4 Å². The zero-order valence-electron chi connectivity index (χ0n) is 17.1. The van der Waals surface area contributed by atoms with Gasteiger partial charge in [0.15, 0.2) is 0 Å². The second-order valence-corrected chi connectivity index (χ2v) is 6.32. The lowest BCUT2D eigenvalue weighted by atomic mass is 9.96. The molecule has 0 aliphatic rings. The van der Waals surface area contributed by atoms with E-state index < -0.39 is 0 Å². The van der Waals surface area contributed by atoms with Crippen molar-refractivity contribution in [1.82, 2.24) is 0 Å². The van der Waals surface area contributed by atoms with Gasteiger partial charge >= 0.3 is 0 Å². The molecule has 1 N–H and O–H groups in total. The number of hydrogen-bond donors (Lipinski definition) is 1. The third-order valence-corrected chi connectivity index (χ3v) is 4.28. The molecule has 0 rings (SSSR count). The van der Waals surface area contributed by atoms with Gasteiger partial charge in [-0.05, 0) is 12.3 Å². The van der Waals surface area contributed by atoms with E-state index in [1.54, 1.807) is 0 Å². The fourth-order valence-corrected chi connectivity index (χ4v) is 2.56. The van der Waals surface area contributed by atoms with Gasteiger partial charge in [-0.2, -0.15) is 0 Å². The summed E-state index contributed by atoms with van der Waals surface area (Å²) in [7, 11) is 0. The van der Waals surface area contributed by atoms with E-state index >= 15 is 0 Å². The Kier molecular flexibility index (Phi) is 22.6. The van der Waals surface area contributed by atoms with Gasteiger partial charge in [-0.3, -0.25) is 0 Å². The molecule has 0 heterocycles. The van der Waals surface area contributed by atoms with Gasteiger partial charge in [-0.15, -0.1) is 0 Å². The molecule has 6 nitrogen and oxygen atoms in total. The van der Waals surface area contributed by atoms with Crippen LogP contribution in [0.4, 0.5) is 0 Å². The van der Waals surface area contributed by atoms with Crippen molar-refractivity contribution in [1.29, 1.82) is 0 Å². The Morgan fingerprint density at radius 3 is 1.38 bits per heavy atom. The summed E-state index contributed by atoms with van der Waals surface area (Å²) in [4.78, 5) is 0. The Morgan fingerprint density at radius 1 is 0.538 bits per heavy atom. The standard InChI is InChI=1S/C20H42O6/c1-3-20(4-2)8-6-5-7-10-22-12-14-24-16-18-26-19-17-25-15-13-23-11-9-21/h20-21H,3-19H2,1-2H3. The highest BCUT2D eigenvalue weighted by molar-refractivity contribution is 4.55. The maximum Gasteiger partial charge on any atom is 0.0701 e. The van der Waals surface area contributed by atoms with Crippen LogP contribution in [0, 0.1) is 5.92 Å². The van der Waals surface area contributed by atoms with Crippen molar-refractivity contribution < 1.29 is 28.8 Å². The van der Waals surface area contributed by atoms with Crippen molar-refractivity contribution in [2.24, 2.45) is 5.92 Å². The Morgan fingerprint density at radius 2 is 0.962 bits per heavy atom. The van der Waals surface area contributed by atoms with Gasteiger partial charge in [0.25, 0.3) is 0 Å². The third kappa shape index (κ3) is 20.1. The smallest absolute Gasteiger partial charge is 0.0701 e. The summed E-state index contributed by atoms with van der Waals surface area (Å²) < 4.78 is 26.8. The molecular weight excluding hydrogens is 336 g/mol. The van der Waals surface area contributed by atoms with Gasteiger partial charge in [0.2, 0.25) is 0 Å². The van der Waals surface area contributed by atoms with E-state index in [1.165, 1.54) is 32.1 Å². The highest BCUT2D eigenvalue weighted by atomic mass is 16.6. The molecule has 0 unspecified atom stereocenters. The summed E-state index contributed by atoms with van der Waals surface area (Å²) in [6, 6.07) is 0. The van der Waals surface area contributed by atoms with E-state index in [0.717, 1.165) is 18.9 Å². The molecule has 0 aliphatic heterocycles. The Bertz CT molecular complexity index is 248. The van der Waals surface area contributed by atoms with E-state index in [9.17, 15) is 0 Å². The van der Waals surface area contributed by atoms with E-state index in [4.69, 9.17) is 28.8 Å². The summed E-state index contributed by atoms with van der Waals surface area (Å²) in [5, 5.41) is 8.53. The largest absolute Gasteiger partial charge is 0.394 e. The predicted molar refractivity (Wildman–Crippen MR) is 104 cm³/mol. The van der Waals surface area contributed by atoms with Crippen LogP contribution in [0.2, 0.25) is 0 Å². The fraction of sp³-hybridized carbons (Fsp3) is 1.00. The first-order valence-electron chi connectivity index (χ1n) is 10.3. The number of aliphatic hydroxyl groups excluding tert-OH is 1. The normalized spacial score (nSPS) is 11.5. The number of unbranched alkanes of at least 4 members (excludes halogenated alkanes) is 2. The van der Waals surface area contributed by atoms with E-state index in [2.05, 4.69) is 13.8 Å². The van der Waals surface area contributed by atoms with Crippen LogP contribution in [0.15, 0.2) is 0 Å². The molecule has 158 valence electrons. The molecule has 0 fully saturated rings. The lowest BCUT2D eigenvalue weighted by Gasteiger charge is -2.11. The number of aliphatic hydroxyl groups is 1. The first kappa shape index (κ1) is 25.8. The predicted octanol–water partition coefficient (Wildman–Crippen LogP) is 3.06. The third-order valence-electron chi connectivity index (χ3n) is 4.28. The molecule has 0 aromatic heterocycles. The van der Waals surface area contributed by atoms with Crippen LogP contribution in [0.25, 0.3) is 0 Å². The van der Waals surface area contributed by atoms with Gasteiger partial charge < -0.3 is 28.8 Å². The molecule has 0 spiro atoms. The summed E-state index contributed by atoms with van der Waals surface area (Å²) in [5.74, 6) is 0.906. The highest BCUT2D eigenvalue weighted by Gasteiger charge is 2.02. The van der Waals surface area contributed by atoms with Gasteiger partial charge in [0, 0.05) is 6.61 Å². The molecule has 6 heteroatoms.